The second-order valence-electron chi connectivity index (χ2n) is 7.68. The Hall–Kier alpha value is -2.29. The lowest BCUT2D eigenvalue weighted by Gasteiger charge is -2.30. The summed E-state index contributed by atoms with van der Waals surface area (Å²) in [5.74, 6) is 0. The van der Waals surface area contributed by atoms with Crippen LogP contribution in [0.2, 0.25) is 0 Å². The molecule has 152 valence electrons. The summed E-state index contributed by atoms with van der Waals surface area (Å²) in [4.78, 5) is 20.6. The summed E-state index contributed by atoms with van der Waals surface area (Å²) in [6.07, 6.45) is 3.91. The lowest BCUT2D eigenvalue weighted by molar-refractivity contribution is 0.593. The molecule has 2 aliphatic rings. The van der Waals surface area contributed by atoms with E-state index in [4.69, 9.17) is 4.99 Å². The highest BCUT2D eigenvalue weighted by Crippen LogP contribution is 2.42. The number of hydrogen-bond acceptors (Lipinski definition) is 4. The standard InChI is InChI=1S/C25H17IN2OS2/c26-17-7-3-5-15(13-17)14-21-24(29)28-23(20-9-4-12-30-20)19-11-10-16-6-1-2-8-18(16)22(19)27-25(28)31-21/h1-9,12-14,23H,10-11H2/b21-14-/t23-/m1/s1. The van der Waals surface area contributed by atoms with Crippen molar-refractivity contribution in [2.24, 2.45) is 4.99 Å². The van der Waals surface area contributed by atoms with Gasteiger partial charge in [0.1, 0.15) is 0 Å². The maximum absolute atomic E-state index is 13.6. The molecule has 0 radical (unpaired) electrons. The molecular weight excluding hydrogens is 535 g/mol. The third-order valence-electron chi connectivity index (χ3n) is 5.83. The monoisotopic (exact) mass is 552 g/mol. The normalized spacial score (nSPS) is 17.7. The number of thiophene rings is 1. The fraction of sp³-hybridized carbons (Fsp3) is 0.120. The molecule has 31 heavy (non-hydrogen) atoms. The first-order valence-electron chi connectivity index (χ1n) is 10.1. The Bertz CT molecular complexity index is 1530. The van der Waals surface area contributed by atoms with Crippen molar-refractivity contribution >= 4 is 57.0 Å². The van der Waals surface area contributed by atoms with Crippen LogP contribution in [0.15, 0.2) is 81.4 Å². The highest BCUT2D eigenvalue weighted by molar-refractivity contribution is 14.1. The minimum Gasteiger partial charge on any atom is -0.271 e. The SMILES string of the molecule is O=c1/c(=C/c2cccc(I)c2)sc2n1[C@@H](c1cccs1)C1=C(N=2)c2ccccc2CC1. The van der Waals surface area contributed by atoms with Crippen LogP contribution < -0.4 is 14.9 Å². The molecule has 0 spiro atoms. The van der Waals surface area contributed by atoms with Crippen LogP contribution in [-0.2, 0) is 6.42 Å². The minimum atomic E-state index is -0.0716. The number of nitrogens with zero attached hydrogens (tertiary/aromatic N) is 2. The van der Waals surface area contributed by atoms with E-state index >= 15 is 0 Å². The molecule has 6 heteroatoms. The molecule has 3 nitrogen and oxygen atoms in total. The van der Waals surface area contributed by atoms with Crippen LogP contribution in [0.5, 0.6) is 0 Å². The largest absolute Gasteiger partial charge is 0.271 e. The van der Waals surface area contributed by atoms with Crippen molar-refractivity contribution in [1.82, 2.24) is 4.57 Å². The van der Waals surface area contributed by atoms with Crippen LogP contribution in [0.25, 0.3) is 11.8 Å². The van der Waals surface area contributed by atoms with E-state index in [1.807, 2.05) is 22.8 Å². The number of hydrogen-bond donors (Lipinski definition) is 0. The zero-order valence-electron chi connectivity index (χ0n) is 16.4. The highest BCUT2D eigenvalue weighted by atomic mass is 127. The molecule has 1 aliphatic carbocycles. The Morgan fingerprint density at radius 3 is 2.81 bits per heavy atom. The van der Waals surface area contributed by atoms with Gasteiger partial charge >= 0.3 is 0 Å². The lowest BCUT2D eigenvalue weighted by Crippen LogP contribution is -2.38. The Kier molecular flexibility index (Phi) is 4.81. The molecule has 4 aromatic rings. The number of aryl methyl sites for hydroxylation is 1. The maximum atomic E-state index is 13.6. The van der Waals surface area contributed by atoms with E-state index < -0.39 is 0 Å². The quantitative estimate of drug-likeness (QED) is 0.323. The van der Waals surface area contributed by atoms with Gasteiger partial charge in [-0.2, -0.15) is 0 Å². The van der Waals surface area contributed by atoms with E-state index in [-0.39, 0.29) is 11.6 Å². The smallest absolute Gasteiger partial charge is 0.271 e. The minimum absolute atomic E-state index is 0.0476. The molecule has 0 unspecified atom stereocenters. The van der Waals surface area contributed by atoms with Crippen LogP contribution in [0.3, 0.4) is 0 Å². The second kappa shape index (κ2) is 7.69. The van der Waals surface area contributed by atoms with Gasteiger partial charge in [0, 0.05) is 14.0 Å². The number of thiazole rings is 1. The first kappa shape index (κ1) is 19.4. The van der Waals surface area contributed by atoms with Gasteiger partial charge in [-0.3, -0.25) is 9.36 Å². The Morgan fingerprint density at radius 2 is 1.97 bits per heavy atom. The van der Waals surface area contributed by atoms with Crippen molar-refractivity contribution in [3.05, 3.63) is 116 Å². The fourth-order valence-electron chi connectivity index (χ4n) is 4.47. The molecule has 1 aliphatic heterocycles. The van der Waals surface area contributed by atoms with E-state index in [2.05, 4.69) is 76.5 Å². The Balaban J connectivity index is 1.63. The van der Waals surface area contributed by atoms with Crippen LogP contribution in [-0.4, -0.2) is 4.57 Å². The van der Waals surface area contributed by atoms with Crippen molar-refractivity contribution in [1.29, 1.82) is 0 Å². The number of rotatable bonds is 2. The van der Waals surface area contributed by atoms with Gasteiger partial charge in [0.15, 0.2) is 4.80 Å². The summed E-state index contributed by atoms with van der Waals surface area (Å²) in [7, 11) is 0. The molecule has 2 aromatic carbocycles. The number of allylic oxidation sites excluding steroid dienone is 1. The molecule has 1 atom stereocenters. The number of fused-ring (bicyclic) bond motifs is 3. The van der Waals surface area contributed by atoms with Gasteiger partial charge in [-0.15, -0.1) is 11.3 Å². The molecular formula is C25H17IN2OS2. The van der Waals surface area contributed by atoms with Crippen molar-refractivity contribution in [3.63, 3.8) is 0 Å². The molecule has 0 N–H and O–H groups in total. The third-order valence-corrected chi connectivity index (χ3v) is 8.41. The van der Waals surface area contributed by atoms with E-state index in [1.165, 1.54) is 32.9 Å². The molecule has 0 saturated carbocycles. The van der Waals surface area contributed by atoms with E-state index in [1.54, 1.807) is 11.3 Å². The van der Waals surface area contributed by atoms with Gasteiger partial charge < -0.3 is 0 Å². The van der Waals surface area contributed by atoms with E-state index in [9.17, 15) is 4.79 Å². The molecule has 0 bridgehead atoms. The average molecular weight is 552 g/mol. The third kappa shape index (κ3) is 3.28. The number of benzene rings is 2. The molecule has 2 aromatic heterocycles. The lowest BCUT2D eigenvalue weighted by atomic mass is 9.85. The Morgan fingerprint density at radius 1 is 1.06 bits per heavy atom. The van der Waals surface area contributed by atoms with Crippen LogP contribution in [0.4, 0.5) is 0 Å². The van der Waals surface area contributed by atoms with Crippen LogP contribution >= 0.6 is 45.3 Å². The molecule has 0 saturated heterocycles. The second-order valence-corrected chi connectivity index (χ2v) is 10.9. The first-order valence-corrected chi connectivity index (χ1v) is 12.9. The van der Waals surface area contributed by atoms with Gasteiger partial charge in [-0.05, 0) is 81.8 Å². The van der Waals surface area contributed by atoms with E-state index in [0.717, 1.165) is 37.0 Å². The number of aromatic nitrogens is 1. The van der Waals surface area contributed by atoms with Crippen molar-refractivity contribution in [2.75, 3.05) is 0 Å². The summed E-state index contributed by atoms with van der Waals surface area (Å²) >= 11 is 5.50. The van der Waals surface area contributed by atoms with Crippen LogP contribution in [0.1, 0.15) is 34.0 Å². The zero-order chi connectivity index (χ0) is 20.9. The molecule has 6 rings (SSSR count). The Labute approximate surface area is 200 Å². The first-order chi connectivity index (χ1) is 15.2. The molecule has 3 heterocycles. The summed E-state index contributed by atoms with van der Waals surface area (Å²) in [5.41, 5.74) is 5.95. The predicted molar refractivity (Wildman–Crippen MR) is 136 cm³/mol. The summed E-state index contributed by atoms with van der Waals surface area (Å²) in [6.45, 7) is 0. The van der Waals surface area contributed by atoms with Crippen molar-refractivity contribution < 1.29 is 0 Å². The fourth-order valence-corrected chi connectivity index (χ4v) is 6.88. The summed E-state index contributed by atoms with van der Waals surface area (Å²) in [6, 6.07) is 20.9. The summed E-state index contributed by atoms with van der Waals surface area (Å²) in [5, 5.41) is 2.09. The van der Waals surface area contributed by atoms with Crippen molar-refractivity contribution in [2.45, 2.75) is 18.9 Å². The molecule has 0 fully saturated rings. The predicted octanol–water partition coefficient (Wildman–Crippen LogP) is 4.98. The van der Waals surface area contributed by atoms with Gasteiger partial charge in [-0.1, -0.05) is 53.8 Å². The topological polar surface area (TPSA) is 34.4 Å². The van der Waals surface area contributed by atoms with Crippen molar-refractivity contribution in [3.8, 4) is 0 Å². The van der Waals surface area contributed by atoms with Gasteiger partial charge in [-0.25, -0.2) is 4.99 Å². The van der Waals surface area contributed by atoms with Gasteiger partial charge in [0.05, 0.1) is 16.3 Å². The van der Waals surface area contributed by atoms with Crippen LogP contribution in [0, 0.1) is 3.57 Å². The highest BCUT2D eigenvalue weighted by Gasteiger charge is 2.32. The van der Waals surface area contributed by atoms with Gasteiger partial charge in [0.2, 0.25) is 0 Å². The van der Waals surface area contributed by atoms with E-state index in [0.29, 0.717) is 0 Å². The molecule has 0 amide bonds. The zero-order valence-corrected chi connectivity index (χ0v) is 20.2. The van der Waals surface area contributed by atoms with Gasteiger partial charge in [0.25, 0.3) is 5.56 Å². The maximum Gasteiger partial charge on any atom is 0.271 e. The number of halogens is 1. The average Bonchev–Trinajstić information content (AvgIpc) is 3.41. The summed E-state index contributed by atoms with van der Waals surface area (Å²) < 4.78 is 3.81.